The molecule has 0 saturated heterocycles. The fraction of sp³-hybridized carbons (Fsp3) is 0.150. The third-order valence-electron chi connectivity index (χ3n) is 3.84. The van der Waals surface area contributed by atoms with Gasteiger partial charge in [0.2, 0.25) is 0 Å². The third kappa shape index (κ3) is 4.14. The molecular weight excluding hydrogens is 346 g/mol. The third-order valence-corrected chi connectivity index (χ3v) is 3.84. The summed E-state index contributed by atoms with van der Waals surface area (Å²) < 4.78 is 10.6. The van der Waals surface area contributed by atoms with Gasteiger partial charge in [-0.1, -0.05) is 23.4 Å². The summed E-state index contributed by atoms with van der Waals surface area (Å²) in [4.78, 5) is 24.4. The van der Waals surface area contributed by atoms with Gasteiger partial charge in [0.1, 0.15) is 5.75 Å². The highest BCUT2D eigenvalue weighted by atomic mass is 16.5. The van der Waals surface area contributed by atoms with E-state index in [2.05, 4.69) is 15.8 Å². The number of nitrogens with one attached hydrogen (secondary N) is 2. The van der Waals surface area contributed by atoms with Crippen molar-refractivity contribution >= 4 is 17.5 Å². The number of aromatic nitrogens is 1. The Balaban J connectivity index is 1.77. The minimum Gasteiger partial charge on any atom is -0.496 e. The largest absolute Gasteiger partial charge is 0.496 e. The quantitative estimate of drug-likeness (QED) is 0.699. The van der Waals surface area contributed by atoms with Crippen LogP contribution >= 0.6 is 0 Å². The van der Waals surface area contributed by atoms with Crippen LogP contribution in [0.15, 0.2) is 59.1 Å². The number of methoxy groups -OCH3 is 1. The molecule has 7 heteroatoms. The van der Waals surface area contributed by atoms with Gasteiger partial charge in [-0.2, -0.15) is 0 Å². The smallest absolute Gasteiger partial charge is 0.277 e. The number of carbonyl (C=O) groups excluding carboxylic acids is 2. The van der Waals surface area contributed by atoms with Crippen molar-refractivity contribution in [1.29, 1.82) is 0 Å². The van der Waals surface area contributed by atoms with Gasteiger partial charge in [0.25, 0.3) is 11.8 Å². The van der Waals surface area contributed by atoms with Gasteiger partial charge in [-0.3, -0.25) is 9.59 Å². The summed E-state index contributed by atoms with van der Waals surface area (Å²) in [6, 6.07) is 15.5. The molecule has 0 unspecified atom stereocenters. The Hall–Kier alpha value is -3.61. The maximum Gasteiger partial charge on any atom is 0.277 e. The van der Waals surface area contributed by atoms with Gasteiger partial charge in [0, 0.05) is 23.9 Å². The van der Waals surface area contributed by atoms with E-state index in [0.29, 0.717) is 34.9 Å². The zero-order valence-electron chi connectivity index (χ0n) is 15.0. The Kier molecular flexibility index (Phi) is 5.51. The summed E-state index contributed by atoms with van der Waals surface area (Å²) in [7, 11) is 1.56. The number of nitrogens with zero attached hydrogens (tertiary/aromatic N) is 1. The van der Waals surface area contributed by atoms with E-state index < -0.39 is 5.91 Å². The summed E-state index contributed by atoms with van der Waals surface area (Å²) in [5.74, 6) is 0.408. The number of anilines is 1. The number of para-hydroxylation sites is 1. The van der Waals surface area contributed by atoms with Crippen molar-refractivity contribution in [2.75, 3.05) is 19.0 Å². The number of amides is 2. The summed E-state index contributed by atoms with van der Waals surface area (Å²) in [5.41, 5.74) is 1.78. The molecule has 2 amide bonds. The predicted molar refractivity (Wildman–Crippen MR) is 101 cm³/mol. The molecule has 0 aliphatic heterocycles. The standard InChI is InChI=1S/C20H19N3O4/c1-3-21-19(24)13-7-6-8-14(11-13)22-20(25)16-12-18(27-23-16)15-9-4-5-10-17(15)26-2/h4-12H,3H2,1-2H3,(H,21,24)(H,22,25). The first-order valence-electron chi connectivity index (χ1n) is 8.42. The average Bonchev–Trinajstić information content (AvgIpc) is 3.18. The summed E-state index contributed by atoms with van der Waals surface area (Å²) in [6.07, 6.45) is 0. The first-order valence-corrected chi connectivity index (χ1v) is 8.42. The second-order valence-corrected chi connectivity index (χ2v) is 5.67. The van der Waals surface area contributed by atoms with Crippen molar-refractivity contribution in [3.63, 3.8) is 0 Å². The fourth-order valence-electron chi connectivity index (χ4n) is 2.55. The van der Waals surface area contributed by atoms with E-state index in [1.165, 1.54) is 0 Å². The van der Waals surface area contributed by atoms with Crippen LogP contribution in [0.2, 0.25) is 0 Å². The lowest BCUT2D eigenvalue weighted by molar-refractivity contribution is 0.0954. The van der Waals surface area contributed by atoms with Gasteiger partial charge in [-0.05, 0) is 37.3 Å². The Morgan fingerprint density at radius 1 is 1.07 bits per heavy atom. The molecule has 3 aromatic rings. The number of carbonyl (C=O) groups is 2. The SMILES string of the molecule is CCNC(=O)c1cccc(NC(=O)c2cc(-c3ccccc3OC)on2)c1. The molecule has 3 rings (SSSR count). The van der Waals surface area contributed by atoms with Crippen molar-refractivity contribution in [2.24, 2.45) is 0 Å². The second-order valence-electron chi connectivity index (χ2n) is 5.67. The van der Waals surface area contributed by atoms with E-state index in [0.717, 1.165) is 0 Å². The number of ether oxygens (including phenoxy) is 1. The number of hydrogen-bond donors (Lipinski definition) is 2. The van der Waals surface area contributed by atoms with Crippen LogP contribution in [0.5, 0.6) is 5.75 Å². The molecule has 0 bridgehead atoms. The van der Waals surface area contributed by atoms with Crippen molar-refractivity contribution in [2.45, 2.75) is 6.92 Å². The molecular formula is C20H19N3O4. The Bertz CT molecular complexity index is 965. The molecule has 0 atom stereocenters. The molecule has 138 valence electrons. The molecule has 0 radical (unpaired) electrons. The van der Waals surface area contributed by atoms with Gasteiger partial charge in [0.15, 0.2) is 11.5 Å². The zero-order chi connectivity index (χ0) is 19.2. The van der Waals surface area contributed by atoms with Crippen molar-refractivity contribution < 1.29 is 18.8 Å². The van der Waals surface area contributed by atoms with Crippen molar-refractivity contribution in [3.8, 4) is 17.1 Å². The molecule has 2 N–H and O–H groups in total. The van der Waals surface area contributed by atoms with Crippen LogP contribution in [-0.2, 0) is 0 Å². The fourth-order valence-corrected chi connectivity index (χ4v) is 2.55. The summed E-state index contributed by atoms with van der Waals surface area (Å²) >= 11 is 0. The van der Waals surface area contributed by atoms with Gasteiger partial charge < -0.3 is 19.9 Å². The molecule has 0 fully saturated rings. The Morgan fingerprint density at radius 2 is 1.89 bits per heavy atom. The number of rotatable bonds is 6. The molecule has 2 aromatic carbocycles. The lowest BCUT2D eigenvalue weighted by Gasteiger charge is -2.06. The maximum atomic E-state index is 12.5. The average molecular weight is 365 g/mol. The number of benzene rings is 2. The molecule has 7 nitrogen and oxygen atoms in total. The van der Waals surface area contributed by atoms with Crippen molar-refractivity contribution in [1.82, 2.24) is 10.5 Å². The minimum atomic E-state index is -0.437. The first kappa shape index (κ1) is 18.2. The minimum absolute atomic E-state index is 0.124. The van der Waals surface area contributed by atoms with Gasteiger partial charge in [0.05, 0.1) is 12.7 Å². The van der Waals surface area contributed by atoms with Gasteiger partial charge in [-0.15, -0.1) is 0 Å². The molecule has 0 spiro atoms. The van der Waals surface area contributed by atoms with E-state index >= 15 is 0 Å². The molecule has 1 heterocycles. The predicted octanol–water partition coefficient (Wildman–Crippen LogP) is 3.35. The van der Waals surface area contributed by atoms with Gasteiger partial charge in [-0.25, -0.2) is 0 Å². The molecule has 1 aromatic heterocycles. The maximum absolute atomic E-state index is 12.5. The zero-order valence-corrected chi connectivity index (χ0v) is 15.0. The highest BCUT2D eigenvalue weighted by Crippen LogP contribution is 2.30. The molecule has 27 heavy (non-hydrogen) atoms. The Morgan fingerprint density at radius 3 is 2.67 bits per heavy atom. The van der Waals surface area contributed by atoms with Crippen LogP contribution in [0.4, 0.5) is 5.69 Å². The first-order chi connectivity index (χ1) is 13.1. The lowest BCUT2D eigenvalue weighted by Crippen LogP contribution is -2.22. The van der Waals surface area contributed by atoms with E-state index in [1.54, 1.807) is 43.5 Å². The van der Waals surface area contributed by atoms with E-state index in [9.17, 15) is 9.59 Å². The highest BCUT2D eigenvalue weighted by Gasteiger charge is 2.16. The topological polar surface area (TPSA) is 93.5 Å². The van der Waals surface area contributed by atoms with Crippen LogP contribution in [-0.4, -0.2) is 30.6 Å². The molecule has 0 aliphatic rings. The lowest BCUT2D eigenvalue weighted by atomic mass is 10.1. The van der Waals surface area contributed by atoms with Crippen LogP contribution in [0.25, 0.3) is 11.3 Å². The highest BCUT2D eigenvalue weighted by molar-refractivity contribution is 6.04. The van der Waals surface area contributed by atoms with Crippen LogP contribution < -0.4 is 15.4 Å². The van der Waals surface area contributed by atoms with Gasteiger partial charge >= 0.3 is 0 Å². The molecule has 0 aliphatic carbocycles. The summed E-state index contributed by atoms with van der Waals surface area (Å²) in [6.45, 7) is 2.37. The van der Waals surface area contributed by atoms with Crippen molar-refractivity contribution in [3.05, 3.63) is 65.9 Å². The van der Waals surface area contributed by atoms with Crippen LogP contribution in [0.3, 0.4) is 0 Å². The normalized spacial score (nSPS) is 10.3. The molecule has 0 saturated carbocycles. The van der Waals surface area contributed by atoms with E-state index in [4.69, 9.17) is 9.26 Å². The van der Waals surface area contributed by atoms with E-state index in [-0.39, 0.29) is 11.6 Å². The second kappa shape index (κ2) is 8.18. The summed E-state index contributed by atoms with van der Waals surface area (Å²) in [5, 5.41) is 9.26. The monoisotopic (exact) mass is 365 g/mol. The Labute approximate surface area is 156 Å². The van der Waals surface area contributed by atoms with Crippen LogP contribution in [0.1, 0.15) is 27.8 Å². The van der Waals surface area contributed by atoms with Crippen LogP contribution in [0, 0.1) is 0 Å². The number of hydrogen-bond acceptors (Lipinski definition) is 5. The van der Waals surface area contributed by atoms with E-state index in [1.807, 2.05) is 25.1 Å².